The van der Waals surface area contributed by atoms with E-state index in [1.54, 1.807) is 48.5 Å². The van der Waals surface area contributed by atoms with Gasteiger partial charge in [-0.05, 0) is 23.8 Å². The van der Waals surface area contributed by atoms with Crippen LogP contribution >= 0.6 is 11.6 Å². The Morgan fingerprint density at radius 3 is 2.29 bits per heavy atom. The molecule has 0 radical (unpaired) electrons. The van der Waals surface area contributed by atoms with Crippen LogP contribution in [0.2, 0.25) is 5.02 Å². The lowest BCUT2D eigenvalue weighted by atomic mass is 10.00. The number of H-pyrrole nitrogens is 1. The Hall–Kier alpha value is -2.85. The average molecular weight is 340 g/mol. The fourth-order valence-electron chi connectivity index (χ4n) is 2.44. The third-order valence-electron chi connectivity index (χ3n) is 3.64. The van der Waals surface area contributed by atoms with Gasteiger partial charge in [0.1, 0.15) is 5.69 Å². The van der Waals surface area contributed by atoms with E-state index in [2.05, 4.69) is 4.98 Å². The maximum absolute atomic E-state index is 12.8. The van der Waals surface area contributed by atoms with Crippen molar-refractivity contribution in [1.29, 1.82) is 0 Å². The Morgan fingerprint density at radius 2 is 1.67 bits per heavy atom. The second-order valence-electron chi connectivity index (χ2n) is 5.17. The first-order valence-electron chi connectivity index (χ1n) is 7.27. The Balaban J connectivity index is 2.13. The number of methoxy groups -OCH3 is 1. The van der Waals surface area contributed by atoms with Gasteiger partial charge in [-0.15, -0.1) is 0 Å². The van der Waals surface area contributed by atoms with Crippen molar-refractivity contribution >= 4 is 23.4 Å². The average Bonchev–Trinajstić information content (AvgIpc) is 3.07. The Bertz CT molecular complexity index is 883. The molecular weight excluding hydrogens is 326 g/mol. The summed E-state index contributed by atoms with van der Waals surface area (Å²) in [5, 5.41) is 0.592. The summed E-state index contributed by atoms with van der Waals surface area (Å²) >= 11 is 5.92. The molecule has 0 bridgehead atoms. The van der Waals surface area contributed by atoms with Crippen LogP contribution in [0, 0.1) is 0 Å². The number of aromatic nitrogens is 1. The van der Waals surface area contributed by atoms with Gasteiger partial charge in [0.2, 0.25) is 0 Å². The highest BCUT2D eigenvalue weighted by molar-refractivity contribution is 6.30. The molecule has 4 nitrogen and oxygen atoms in total. The second kappa shape index (κ2) is 6.72. The lowest BCUT2D eigenvalue weighted by Crippen LogP contribution is -2.02. The molecule has 3 aromatic rings. The van der Waals surface area contributed by atoms with Gasteiger partial charge in [-0.1, -0.05) is 54.1 Å². The molecule has 0 unspecified atom stereocenters. The molecule has 5 heteroatoms. The predicted molar refractivity (Wildman–Crippen MR) is 92.5 cm³/mol. The Kier molecular flexibility index (Phi) is 4.49. The van der Waals surface area contributed by atoms with E-state index >= 15 is 0 Å². The van der Waals surface area contributed by atoms with Crippen LogP contribution in [-0.2, 0) is 4.74 Å². The number of ether oxygens (including phenoxy) is 1. The van der Waals surface area contributed by atoms with Crippen molar-refractivity contribution in [2.45, 2.75) is 0 Å². The third kappa shape index (κ3) is 3.09. The summed E-state index contributed by atoms with van der Waals surface area (Å²) in [6.07, 6.45) is 0. The number of rotatable bonds is 4. The van der Waals surface area contributed by atoms with Crippen molar-refractivity contribution in [1.82, 2.24) is 4.98 Å². The summed E-state index contributed by atoms with van der Waals surface area (Å²) in [7, 11) is 1.30. The molecule has 0 aliphatic rings. The standard InChI is InChI=1S/C19H14ClNO3/c1-24-19(23)16-11-15(18(22)13-5-3-2-4-6-13)17(21-16)12-7-9-14(20)10-8-12/h2-11,21H,1H3. The van der Waals surface area contributed by atoms with Gasteiger partial charge in [-0.2, -0.15) is 0 Å². The number of halogens is 1. The van der Waals surface area contributed by atoms with Crippen molar-refractivity contribution in [3.05, 3.63) is 82.5 Å². The molecule has 0 aliphatic carbocycles. The molecule has 3 rings (SSSR count). The van der Waals surface area contributed by atoms with Crippen LogP contribution < -0.4 is 0 Å². The van der Waals surface area contributed by atoms with Crippen LogP contribution in [0.4, 0.5) is 0 Å². The highest BCUT2D eigenvalue weighted by Crippen LogP contribution is 2.27. The molecule has 0 atom stereocenters. The van der Waals surface area contributed by atoms with Crippen molar-refractivity contribution in [3.63, 3.8) is 0 Å². The van der Waals surface area contributed by atoms with Gasteiger partial charge in [0.05, 0.1) is 12.8 Å². The summed E-state index contributed by atoms with van der Waals surface area (Å²) in [5.74, 6) is -0.704. The summed E-state index contributed by atoms with van der Waals surface area (Å²) < 4.78 is 4.74. The monoisotopic (exact) mass is 339 g/mol. The van der Waals surface area contributed by atoms with Crippen molar-refractivity contribution in [2.75, 3.05) is 7.11 Å². The molecule has 0 aliphatic heterocycles. The predicted octanol–water partition coefficient (Wildman–Crippen LogP) is 4.35. The van der Waals surface area contributed by atoms with Crippen molar-refractivity contribution in [3.8, 4) is 11.3 Å². The van der Waals surface area contributed by atoms with E-state index in [4.69, 9.17) is 16.3 Å². The normalized spacial score (nSPS) is 10.4. The first kappa shape index (κ1) is 16.0. The van der Waals surface area contributed by atoms with Crippen LogP contribution in [0.3, 0.4) is 0 Å². The fourth-order valence-corrected chi connectivity index (χ4v) is 2.57. The molecule has 0 saturated carbocycles. The van der Waals surface area contributed by atoms with Gasteiger partial charge < -0.3 is 9.72 Å². The zero-order valence-corrected chi connectivity index (χ0v) is 13.6. The summed E-state index contributed by atoms with van der Waals surface area (Å²) in [4.78, 5) is 27.7. The molecule has 0 spiro atoms. The number of ketones is 1. The minimum Gasteiger partial charge on any atom is -0.464 e. The van der Waals surface area contributed by atoms with E-state index in [0.29, 0.717) is 21.8 Å². The molecular formula is C19H14ClNO3. The van der Waals surface area contributed by atoms with Gasteiger partial charge in [-0.3, -0.25) is 4.79 Å². The summed E-state index contributed by atoms with van der Waals surface area (Å²) in [6.45, 7) is 0. The lowest BCUT2D eigenvalue weighted by molar-refractivity contribution is 0.0595. The van der Waals surface area contributed by atoms with Crippen LogP contribution in [0.25, 0.3) is 11.3 Å². The number of esters is 1. The highest BCUT2D eigenvalue weighted by Gasteiger charge is 2.21. The molecule has 120 valence electrons. The third-order valence-corrected chi connectivity index (χ3v) is 3.89. The minimum atomic E-state index is -0.530. The van der Waals surface area contributed by atoms with E-state index in [9.17, 15) is 9.59 Å². The highest BCUT2D eigenvalue weighted by atomic mass is 35.5. The van der Waals surface area contributed by atoms with Crippen LogP contribution in [-0.4, -0.2) is 23.8 Å². The molecule has 0 amide bonds. The smallest absolute Gasteiger partial charge is 0.354 e. The summed E-state index contributed by atoms with van der Waals surface area (Å²) in [5.41, 5.74) is 2.49. The first-order chi connectivity index (χ1) is 11.6. The topological polar surface area (TPSA) is 59.2 Å². The number of carbonyl (C=O) groups excluding carboxylic acids is 2. The van der Waals surface area contributed by atoms with E-state index in [1.165, 1.54) is 13.2 Å². The van der Waals surface area contributed by atoms with Crippen LogP contribution in [0.15, 0.2) is 60.7 Å². The largest absolute Gasteiger partial charge is 0.464 e. The quantitative estimate of drug-likeness (QED) is 0.567. The minimum absolute atomic E-state index is 0.174. The van der Waals surface area contributed by atoms with Gasteiger partial charge in [0.25, 0.3) is 0 Å². The molecule has 1 aromatic heterocycles. The number of nitrogens with one attached hydrogen (secondary N) is 1. The molecule has 24 heavy (non-hydrogen) atoms. The fraction of sp³-hybridized carbons (Fsp3) is 0.0526. The van der Waals surface area contributed by atoms with Gasteiger partial charge in [-0.25, -0.2) is 4.79 Å². The summed E-state index contributed by atoms with van der Waals surface area (Å²) in [6, 6.07) is 17.5. The van der Waals surface area contributed by atoms with Gasteiger partial charge >= 0.3 is 5.97 Å². The molecule has 2 aromatic carbocycles. The SMILES string of the molecule is COC(=O)c1cc(C(=O)c2ccccc2)c(-c2ccc(Cl)cc2)[nH]1. The maximum Gasteiger partial charge on any atom is 0.354 e. The van der Waals surface area contributed by atoms with E-state index in [-0.39, 0.29) is 11.5 Å². The first-order valence-corrected chi connectivity index (χ1v) is 7.65. The molecule has 0 saturated heterocycles. The Morgan fingerprint density at radius 1 is 1.00 bits per heavy atom. The van der Waals surface area contributed by atoms with Crippen LogP contribution in [0.1, 0.15) is 26.4 Å². The number of benzene rings is 2. The second-order valence-corrected chi connectivity index (χ2v) is 5.60. The maximum atomic E-state index is 12.8. The number of carbonyl (C=O) groups is 2. The van der Waals surface area contributed by atoms with E-state index in [0.717, 1.165) is 5.56 Å². The van der Waals surface area contributed by atoms with E-state index in [1.807, 2.05) is 6.07 Å². The van der Waals surface area contributed by atoms with Gasteiger partial charge in [0.15, 0.2) is 5.78 Å². The number of hydrogen-bond acceptors (Lipinski definition) is 3. The number of aromatic amines is 1. The molecule has 1 heterocycles. The lowest BCUT2D eigenvalue weighted by Gasteiger charge is -2.04. The molecule has 0 fully saturated rings. The number of hydrogen-bond donors (Lipinski definition) is 1. The van der Waals surface area contributed by atoms with Crippen molar-refractivity contribution < 1.29 is 14.3 Å². The van der Waals surface area contributed by atoms with E-state index < -0.39 is 5.97 Å². The molecule has 1 N–H and O–H groups in total. The van der Waals surface area contributed by atoms with Crippen LogP contribution in [0.5, 0.6) is 0 Å². The zero-order valence-electron chi connectivity index (χ0n) is 12.9. The van der Waals surface area contributed by atoms with Gasteiger partial charge in [0, 0.05) is 16.1 Å². The Labute approximate surface area is 144 Å². The zero-order chi connectivity index (χ0) is 17.1. The van der Waals surface area contributed by atoms with Crippen molar-refractivity contribution in [2.24, 2.45) is 0 Å².